The first kappa shape index (κ1) is 12.2. The van der Waals surface area contributed by atoms with E-state index in [-0.39, 0.29) is 5.54 Å². The largest absolute Gasteiger partial charge is 0.325 e. The second-order valence-corrected chi connectivity index (χ2v) is 6.38. The van der Waals surface area contributed by atoms with Gasteiger partial charge in [-0.2, -0.15) is 0 Å². The summed E-state index contributed by atoms with van der Waals surface area (Å²) in [5.41, 5.74) is 6.51. The molecule has 1 aromatic rings. The normalized spacial score (nSPS) is 26.9. The van der Waals surface area contributed by atoms with Gasteiger partial charge in [-0.05, 0) is 25.2 Å². The molecule has 2 aliphatic rings. The van der Waals surface area contributed by atoms with Gasteiger partial charge in [-0.25, -0.2) is 0 Å². The number of rotatable bonds is 2. The van der Waals surface area contributed by atoms with E-state index in [0.717, 1.165) is 44.0 Å². The van der Waals surface area contributed by atoms with Crippen molar-refractivity contribution in [2.75, 3.05) is 0 Å². The van der Waals surface area contributed by atoms with Crippen LogP contribution < -0.4 is 5.73 Å². The highest BCUT2D eigenvalue weighted by Crippen LogP contribution is 2.29. The van der Waals surface area contributed by atoms with E-state index in [9.17, 15) is 0 Å². The summed E-state index contributed by atoms with van der Waals surface area (Å²) in [7, 11) is 0. The van der Waals surface area contributed by atoms with Gasteiger partial charge in [-0.15, -0.1) is 10.2 Å². The van der Waals surface area contributed by atoms with Crippen LogP contribution in [0.3, 0.4) is 0 Å². The standard InChI is InChI=1S/C14H24N4/c1-11-5-8-18-12(9-11)16-17-13(18)10-14(15)6-3-2-4-7-14/h11H,2-10,15H2,1H3. The topological polar surface area (TPSA) is 56.7 Å². The molecule has 1 unspecified atom stereocenters. The summed E-state index contributed by atoms with van der Waals surface area (Å²) >= 11 is 0. The molecule has 3 rings (SSSR count). The molecule has 0 bridgehead atoms. The van der Waals surface area contributed by atoms with E-state index in [1.807, 2.05) is 0 Å². The van der Waals surface area contributed by atoms with E-state index >= 15 is 0 Å². The first-order valence-corrected chi connectivity index (χ1v) is 7.36. The Kier molecular flexibility index (Phi) is 3.14. The van der Waals surface area contributed by atoms with Crippen LogP contribution >= 0.6 is 0 Å². The van der Waals surface area contributed by atoms with Crippen molar-refractivity contribution >= 4 is 0 Å². The highest BCUT2D eigenvalue weighted by Gasteiger charge is 2.31. The molecule has 0 spiro atoms. The van der Waals surface area contributed by atoms with Crippen molar-refractivity contribution < 1.29 is 0 Å². The Hall–Kier alpha value is -0.900. The summed E-state index contributed by atoms with van der Waals surface area (Å²) in [6, 6.07) is 0. The van der Waals surface area contributed by atoms with Crippen LogP contribution in [0.15, 0.2) is 0 Å². The van der Waals surface area contributed by atoms with E-state index < -0.39 is 0 Å². The third-order valence-corrected chi connectivity index (χ3v) is 4.64. The average molecular weight is 248 g/mol. The maximum atomic E-state index is 6.53. The third kappa shape index (κ3) is 2.30. The Labute approximate surface area is 109 Å². The van der Waals surface area contributed by atoms with Crippen LogP contribution in [0.25, 0.3) is 0 Å². The van der Waals surface area contributed by atoms with E-state index in [2.05, 4.69) is 21.7 Å². The first-order chi connectivity index (χ1) is 8.66. The van der Waals surface area contributed by atoms with Crippen molar-refractivity contribution in [2.45, 2.75) is 70.4 Å². The highest BCUT2D eigenvalue weighted by molar-refractivity contribution is 5.05. The average Bonchev–Trinajstić information content (AvgIpc) is 2.72. The molecule has 18 heavy (non-hydrogen) atoms. The summed E-state index contributed by atoms with van der Waals surface area (Å²) in [6.45, 7) is 3.37. The van der Waals surface area contributed by atoms with Gasteiger partial charge in [0.2, 0.25) is 0 Å². The first-order valence-electron chi connectivity index (χ1n) is 7.36. The molecule has 1 fully saturated rings. The van der Waals surface area contributed by atoms with E-state index in [1.54, 1.807) is 0 Å². The van der Waals surface area contributed by atoms with E-state index in [1.165, 1.54) is 31.5 Å². The van der Waals surface area contributed by atoms with Crippen LogP contribution in [-0.2, 0) is 19.4 Å². The van der Waals surface area contributed by atoms with Crippen molar-refractivity contribution in [1.82, 2.24) is 14.8 Å². The molecule has 1 atom stereocenters. The molecule has 100 valence electrons. The molecule has 4 nitrogen and oxygen atoms in total. The van der Waals surface area contributed by atoms with Crippen LogP contribution in [0.5, 0.6) is 0 Å². The Balaban J connectivity index is 1.77. The van der Waals surface area contributed by atoms with Crippen molar-refractivity contribution in [3.8, 4) is 0 Å². The van der Waals surface area contributed by atoms with Crippen LogP contribution in [0.2, 0.25) is 0 Å². The molecule has 0 radical (unpaired) electrons. The molecule has 2 N–H and O–H groups in total. The fourth-order valence-corrected chi connectivity index (χ4v) is 3.42. The predicted octanol–water partition coefficient (Wildman–Crippen LogP) is 2.06. The number of aromatic nitrogens is 3. The van der Waals surface area contributed by atoms with Crippen LogP contribution in [0.4, 0.5) is 0 Å². The van der Waals surface area contributed by atoms with Crippen molar-refractivity contribution in [2.24, 2.45) is 11.7 Å². The lowest BCUT2D eigenvalue weighted by molar-refractivity contribution is 0.283. The van der Waals surface area contributed by atoms with Gasteiger partial charge < -0.3 is 10.3 Å². The van der Waals surface area contributed by atoms with Gasteiger partial charge in [-0.3, -0.25) is 0 Å². The van der Waals surface area contributed by atoms with Crippen LogP contribution in [-0.4, -0.2) is 20.3 Å². The smallest absolute Gasteiger partial charge is 0.134 e. The molecule has 4 heteroatoms. The summed E-state index contributed by atoms with van der Waals surface area (Å²) in [6.07, 6.45) is 9.41. The van der Waals surface area contributed by atoms with Crippen molar-refractivity contribution in [3.63, 3.8) is 0 Å². The lowest BCUT2D eigenvalue weighted by Crippen LogP contribution is -2.44. The summed E-state index contributed by atoms with van der Waals surface area (Å²) in [4.78, 5) is 0. The van der Waals surface area contributed by atoms with Gasteiger partial charge in [0, 0.05) is 24.9 Å². The fourth-order valence-electron chi connectivity index (χ4n) is 3.42. The van der Waals surface area contributed by atoms with Gasteiger partial charge in [-0.1, -0.05) is 26.2 Å². The monoisotopic (exact) mass is 248 g/mol. The molecule has 2 heterocycles. The number of hydrogen-bond acceptors (Lipinski definition) is 3. The second kappa shape index (κ2) is 4.65. The molecular formula is C14H24N4. The zero-order chi connectivity index (χ0) is 12.6. The summed E-state index contributed by atoms with van der Waals surface area (Å²) < 4.78 is 2.32. The Morgan fingerprint density at radius 3 is 2.83 bits per heavy atom. The van der Waals surface area contributed by atoms with Crippen LogP contribution in [0, 0.1) is 5.92 Å². The van der Waals surface area contributed by atoms with Crippen LogP contribution in [0.1, 0.15) is 57.1 Å². The summed E-state index contributed by atoms with van der Waals surface area (Å²) in [5.74, 6) is 3.04. The minimum Gasteiger partial charge on any atom is -0.325 e. The predicted molar refractivity (Wildman–Crippen MR) is 71.2 cm³/mol. The van der Waals surface area contributed by atoms with Gasteiger partial charge in [0.25, 0.3) is 0 Å². The van der Waals surface area contributed by atoms with Gasteiger partial charge in [0.1, 0.15) is 11.6 Å². The number of hydrogen-bond donors (Lipinski definition) is 1. The van der Waals surface area contributed by atoms with Crippen molar-refractivity contribution in [1.29, 1.82) is 0 Å². The molecule has 0 amide bonds. The lowest BCUT2D eigenvalue weighted by atomic mass is 9.80. The molecule has 1 aliphatic heterocycles. The fraction of sp³-hybridized carbons (Fsp3) is 0.857. The zero-order valence-electron chi connectivity index (χ0n) is 11.4. The van der Waals surface area contributed by atoms with Gasteiger partial charge in [0.05, 0.1) is 0 Å². The lowest BCUT2D eigenvalue weighted by Gasteiger charge is -2.33. The molecule has 1 aromatic heterocycles. The Morgan fingerprint density at radius 1 is 1.28 bits per heavy atom. The number of nitrogens with two attached hydrogens (primary N) is 1. The minimum atomic E-state index is -0.0227. The second-order valence-electron chi connectivity index (χ2n) is 6.38. The Morgan fingerprint density at radius 2 is 2.06 bits per heavy atom. The Bertz CT molecular complexity index is 417. The third-order valence-electron chi connectivity index (χ3n) is 4.64. The number of fused-ring (bicyclic) bond motifs is 1. The maximum absolute atomic E-state index is 6.53. The summed E-state index contributed by atoms with van der Waals surface area (Å²) in [5, 5.41) is 8.77. The molecule has 0 aromatic carbocycles. The number of nitrogens with zero attached hydrogens (tertiary/aromatic N) is 3. The molecular weight excluding hydrogens is 224 g/mol. The quantitative estimate of drug-likeness (QED) is 0.871. The molecule has 1 aliphatic carbocycles. The zero-order valence-corrected chi connectivity index (χ0v) is 11.4. The van der Waals surface area contributed by atoms with E-state index in [0.29, 0.717) is 0 Å². The maximum Gasteiger partial charge on any atom is 0.134 e. The van der Waals surface area contributed by atoms with E-state index in [4.69, 9.17) is 5.73 Å². The van der Waals surface area contributed by atoms with Gasteiger partial charge in [0.15, 0.2) is 0 Å². The molecule has 1 saturated carbocycles. The highest BCUT2D eigenvalue weighted by atomic mass is 15.3. The molecule has 0 saturated heterocycles. The van der Waals surface area contributed by atoms with Crippen molar-refractivity contribution in [3.05, 3.63) is 11.6 Å². The SMILES string of the molecule is CC1CCn2c(nnc2CC2(N)CCCCC2)C1. The minimum absolute atomic E-state index is 0.0227. The van der Waals surface area contributed by atoms with Gasteiger partial charge >= 0.3 is 0 Å².